The van der Waals surface area contributed by atoms with Gasteiger partial charge in [0, 0.05) is 61.5 Å². The molecule has 0 N–H and O–H groups in total. The Morgan fingerprint density at radius 2 is 1.18 bits per heavy atom. The van der Waals surface area contributed by atoms with Gasteiger partial charge >= 0.3 is 0 Å². The standard InChI is InChI=1S/C18H20F2N.C17H17F2N.CH3I.HI/c1-21-11-9-15(14-6-3-2-4-7-14)12-17(21)16-8-5-10-18(19,20)13-16;18-17(19)9-4-7-15(12-17)16-11-14(8-10-20-16)13-5-2-1-3-6-13;1-2;/h2-4,6-7,9,11-12,16H,5,8,10,13H2,1H3;1-3,5-6,8,10-11,15H,4,7,9,12H2;1H3;1H/q+1;;;/p-1. The highest BCUT2D eigenvalue weighted by atomic mass is 127. The Hall–Kier alpha value is -2.08. The lowest BCUT2D eigenvalue weighted by molar-refractivity contribution is -0.680. The monoisotopic (exact) mass is 830 g/mol. The molecule has 0 amide bonds. The number of aryl methyl sites for hydroxylation is 1. The number of alkyl halides is 5. The van der Waals surface area contributed by atoms with Crippen molar-refractivity contribution in [3.8, 4) is 22.3 Å². The predicted octanol–water partition coefficient (Wildman–Crippen LogP) is 7.57. The molecule has 6 rings (SSSR count). The Kier molecular flexibility index (Phi) is 14.1. The Labute approximate surface area is 289 Å². The molecule has 2 aliphatic carbocycles. The highest BCUT2D eigenvalue weighted by Gasteiger charge is 2.40. The van der Waals surface area contributed by atoms with Crippen LogP contribution in [0.25, 0.3) is 22.3 Å². The third-order valence-corrected chi connectivity index (χ3v) is 8.30. The van der Waals surface area contributed by atoms with E-state index in [1.165, 1.54) is 0 Å². The van der Waals surface area contributed by atoms with Crippen molar-refractivity contribution in [3.05, 3.63) is 109 Å². The summed E-state index contributed by atoms with van der Waals surface area (Å²) in [6.45, 7) is 0. The molecule has 0 aliphatic heterocycles. The van der Waals surface area contributed by atoms with Gasteiger partial charge in [-0.15, -0.1) is 0 Å². The summed E-state index contributed by atoms with van der Waals surface area (Å²) >= 11 is 2.15. The average Bonchev–Trinajstić information content (AvgIpc) is 3.02. The Morgan fingerprint density at radius 3 is 1.73 bits per heavy atom. The predicted molar refractivity (Wildman–Crippen MR) is 175 cm³/mol. The third kappa shape index (κ3) is 10.2. The van der Waals surface area contributed by atoms with Crippen LogP contribution in [0.1, 0.15) is 74.6 Å². The van der Waals surface area contributed by atoms with Gasteiger partial charge in [-0.25, -0.2) is 22.1 Å². The van der Waals surface area contributed by atoms with Crippen molar-refractivity contribution in [2.24, 2.45) is 7.05 Å². The van der Waals surface area contributed by atoms with Gasteiger partial charge in [0.25, 0.3) is 0 Å². The molecule has 2 aliphatic rings. The average molecular weight is 831 g/mol. The molecule has 236 valence electrons. The van der Waals surface area contributed by atoms with Gasteiger partial charge < -0.3 is 24.0 Å². The number of nitrogens with zero attached hydrogens (tertiary/aromatic N) is 2. The number of halogens is 6. The zero-order valence-electron chi connectivity index (χ0n) is 25.2. The smallest absolute Gasteiger partial charge is 0.249 e. The quantitative estimate of drug-likeness (QED) is 0.0899. The van der Waals surface area contributed by atoms with Gasteiger partial charge in [0.2, 0.25) is 11.8 Å². The van der Waals surface area contributed by atoms with Crippen LogP contribution in [0.5, 0.6) is 0 Å². The largest absolute Gasteiger partial charge is 1.00 e. The molecule has 44 heavy (non-hydrogen) atoms. The second-order valence-corrected chi connectivity index (χ2v) is 11.5. The maximum atomic E-state index is 13.7. The van der Waals surface area contributed by atoms with E-state index in [0.29, 0.717) is 12.8 Å². The van der Waals surface area contributed by atoms with Crippen LogP contribution >= 0.6 is 22.6 Å². The molecule has 2 heterocycles. The summed E-state index contributed by atoms with van der Waals surface area (Å²) < 4.78 is 56.4. The van der Waals surface area contributed by atoms with Gasteiger partial charge in [-0.1, -0.05) is 83.3 Å². The van der Waals surface area contributed by atoms with Gasteiger partial charge in [-0.3, -0.25) is 4.98 Å². The minimum absolute atomic E-state index is 0. The zero-order chi connectivity index (χ0) is 30.9. The summed E-state index contributed by atoms with van der Waals surface area (Å²) in [6.07, 6.45) is 6.49. The second kappa shape index (κ2) is 17.0. The van der Waals surface area contributed by atoms with Crippen molar-refractivity contribution in [2.75, 3.05) is 4.93 Å². The van der Waals surface area contributed by atoms with Crippen LogP contribution in [0, 0.1) is 0 Å². The van der Waals surface area contributed by atoms with Gasteiger partial charge in [0.15, 0.2) is 11.9 Å². The van der Waals surface area contributed by atoms with Gasteiger partial charge in [-0.05, 0) is 65.0 Å². The topological polar surface area (TPSA) is 16.8 Å². The van der Waals surface area contributed by atoms with Gasteiger partial charge in [-0.2, -0.15) is 0 Å². The molecular formula is C36H40F4I2N2. The van der Waals surface area contributed by atoms with E-state index in [4.69, 9.17) is 0 Å². The molecule has 0 radical (unpaired) electrons. The first kappa shape index (κ1) is 36.4. The van der Waals surface area contributed by atoms with Gasteiger partial charge in [0.05, 0.1) is 0 Å². The SMILES string of the molecule is CI.C[n+]1ccc(-c2ccccc2)cc1C1CCCC(F)(F)C1.FC1(F)CCCC(c2cc(-c3ccccc3)ccn2)C1.[I-]. The molecular weight excluding hydrogens is 790 g/mol. The summed E-state index contributed by atoms with van der Waals surface area (Å²) in [5.74, 6) is -5.23. The molecule has 8 heteroatoms. The number of hydrogen-bond acceptors (Lipinski definition) is 1. The highest BCUT2D eigenvalue weighted by molar-refractivity contribution is 14.1. The highest BCUT2D eigenvalue weighted by Crippen LogP contribution is 2.42. The Bertz CT molecular complexity index is 1430. The fraction of sp³-hybridized carbons (Fsp3) is 0.389. The summed E-state index contributed by atoms with van der Waals surface area (Å²) in [5, 5.41) is 0. The number of rotatable bonds is 4. The summed E-state index contributed by atoms with van der Waals surface area (Å²) in [4.78, 5) is 6.29. The maximum absolute atomic E-state index is 13.7. The van der Waals surface area contributed by atoms with Crippen molar-refractivity contribution in [1.82, 2.24) is 4.98 Å². The molecule has 2 aromatic carbocycles. The maximum Gasteiger partial charge on any atom is 0.249 e. The van der Waals surface area contributed by atoms with Crippen LogP contribution in [-0.2, 0) is 7.05 Å². The molecule has 2 atom stereocenters. The van der Waals surface area contributed by atoms with Crippen molar-refractivity contribution in [2.45, 2.75) is 75.0 Å². The van der Waals surface area contributed by atoms with Crippen molar-refractivity contribution in [3.63, 3.8) is 0 Å². The van der Waals surface area contributed by atoms with Crippen LogP contribution < -0.4 is 28.5 Å². The van der Waals surface area contributed by atoms with Crippen LogP contribution in [0.3, 0.4) is 0 Å². The Morgan fingerprint density at radius 1 is 0.682 bits per heavy atom. The number of aromatic nitrogens is 2. The minimum atomic E-state index is -2.53. The van der Waals surface area contributed by atoms with E-state index in [0.717, 1.165) is 46.5 Å². The second-order valence-electron chi connectivity index (χ2n) is 11.5. The van der Waals surface area contributed by atoms with E-state index in [1.807, 2.05) is 89.5 Å². The molecule has 2 nitrogen and oxygen atoms in total. The van der Waals surface area contributed by atoms with Crippen molar-refractivity contribution >= 4 is 22.6 Å². The van der Waals surface area contributed by atoms with E-state index in [-0.39, 0.29) is 61.5 Å². The Balaban J connectivity index is 0.000000223. The van der Waals surface area contributed by atoms with E-state index >= 15 is 0 Å². The first-order chi connectivity index (χ1) is 20.7. The molecule has 4 aromatic rings. The van der Waals surface area contributed by atoms with Crippen molar-refractivity contribution in [1.29, 1.82) is 0 Å². The molecule has 2 saturated carbocycles. The molecule has 2 unspecified atom stereocenters. The lowest BCUT2D eigenvalue weighted by Crippen LogP contribution is -3.00. The fourth-order valence-electron chi connectivity index (χ4n) is 6.13. The van der Waals surface area contributed by atoms with Crippen LogP contribution in [-0.4, -0.2) is 21.8 Å². The summed E-state index contributed by atoms with van der Waals surface area (Å²) in [7, 11) is 1.94. The third-order valence-electron chi connectivity index (χ3n) is 8.30. The lowest BCUT2D eigenvalue weighted by atomic mass is 9.83. The van der Waals surface area contributed by atoms with Crippen LogP contribution in [0.15, 0.2) is 97.3 Å². The van der Waals surface area contributed by atoms with E-state index < -0.39 is 11.8 Å². The molecule has 0 bridgehead atoms. The molecule has 0 saturated heterocycles. The summed E-state index contributed by atoms with van der Waals surface area (Å²) in [5.41, 5.74) is 6.17. The normalized spacial score (nSPS) is 20.1. The minimum Gasteiger partial charge on any atom is -1.00 e. The molecule has 0 spiro atoms. The van der Waals surface area contributed by atoms with Gasteiger partial charge in [0.1, 0.15) is 7.05 Å². The lowest BCUT2D eigenvalue weighted by Gasteiger charge is -2.28. The number of benzene rings is 2. The molecule has 2 fully saturated rings. The van der Waals surface area contributed by atoms with Crippen LogP contribution in [0.4, 0.5) is 17.6 Å². The number of pyridine rings is 2. The van der Waals surface area contributed by atoms with Crippen LogP contribution in [0.2, 0.25) is 0 Å². The van der Waals surface area contributed by atoms with Crippen molar-refractivity contribution < 1.29 is 46.1 Å². The van der Waals surface area contributed by atoms with E-state index in [9.17, 15) is 17.6 Å². The van der Waals surface area contributed by atoms with E-state index in [2.05, 4.69) is 45.8 Å². The van der Waals surface area contributed by atoms with E-state index in [1.54, 1.807) is 6.20 Å². The first-order valence-electron chi connectivity index (χ1n) is 14.9. The zero-order valence-corrected chi connectivity index (χ0v) is 29.5. The number of hydrogen-bond donors (Lipinski definition) is 0. The first-order valence-corrected chi connectivity index (χ1v) is 17.0. The molecule has 2 aromatic heterocycles. The summed E-state index contributed by atoms with van der Waals surface area (Å²) in [6, 6.07) is 28.0. The fourth-order valence-corrected chi connectivity index (χ4v) is 6.13.